The lowest BCUT2D eigenvalue weighted by atomic mass is 10.1. The molecule has 0 saturated carbocycles. The largest absolute Gasteiger partial charge is 0.489 e. The highest BCUT2D eigenvalue weighted by molar-refractivity contribution is 6.04. The lowest BCUT2D eigenvalue weighted by Crippen LogP contribution is -2.22. The van der Waals surface area contributed by atoms with E-state index in [-0.39, 0.29) is 0 Å². The molecule has 2 N–H and O–H groups in total. The molecule has 1 aliphatic rings. The molecule has 0 spiro atoms. The number of benzene rings is 1. The number of rotatable bonds is 6. The number of pyridine rings is 2. The van der Waals surface area contributed by atoms with E-state index < -0.39 is 18.0 Å². The lowest BCUT2D eigenvalue weighted by Gasteiger charge is -2.14. The standard InChI is InChI=1S/C21H18N4O4/c1-13-10-14(6-9-23-13)12-28-15-2-4-16(5-3-15)29-18-7-8-22-11-17(18)19-20(26)25-21(27)24-19/h2-11,19H,12H2,1H3,(H2,24,25,26,27). The second-order valence-corrected chi connectivity index (χ2v) is 6.48. The Labute approximate surface area is 166 Å². The summed E-state index contributed by atoms with van der Waals surface area (Å²) in [4.78, 5) is 31.5. The molecule has 1 saturated heterocycles. The van der Waals surface area contributed by atoms with Gasteiger partial charge in [-0.3, -0.25) is 20.1 Å². The minimum atomic E-state index is -0.836. The molecule has 0 radical (unpaired) electrons. The number of amides is 3. The number of hydrogen-bond donors (Lipinski definition) is 2. The highest BCUT2D eigenvalue weighted by Gasteiger charge is 2.33. The maximum Gasteiger partial charge on any atom is 0.322 e. The first-order valence-electron chi connectivity index (χ1n) is 8.96. The predicted molar refractivity (Wildman–Crippen MR) is 103 cm³/mol. The minimum absolute atomic E-state index is 0.434. The zero-order chi connectivity index (χ0) is 20.2. The summed E-state index contributed by atoms with van der Waals surface area (Å²) in [6.07, 6.45) is 4.81. The number of imide groups is 1. The van der Waals surface area contributed by atoms with E-state index in [0.717, 1.165) is 11.3 Å². The summed E-state index contributed by atoms with van der Waals surface area (Å²) in [5, 5.41) is 4.75. The molecule has 8 nitrogen and oxygen atoms in total. The van der Waals surface area contributed by atoms with E-state index >= 15 is 0 Å². The van der Waals surface area contributed by atoms with Crippen LogP contribution in [-0.4, -0.2) is 21.9 Å². The maximum atomic E-state index is 11.9. The van der Waals surface area contributed by atoms with Crippen LogP contribution in [0.15, 0.2) is 61.1 Å². The molecule has 4 rings (SSSR count). The molecule has 146 valence electrons. The fourth-order valence-corrected chi connectivity index (χ4v) is 2.93. The fraction of sp³-hybridized carbons (Fsp3) is 0.143. The molecule has 3 heterocycles. The average Bonchev–Trinajstić information content (AvgIpc) is 3.06. The third-order valence-electron chi connectivity index (χ3n) is 4.31. The van der Waals surface area contributed by atoms with Crippen molar-refractivity contribution in [3.63, 3.8) is 0 Å². The Bertz CT molecular complexity index is 1050. The molecule has 3 amide bonds. The van der Waals surface area contributed by atoms with Crippen LogP contribution in [0.2, 0.25) is 0 Å². The second-order valence-electron chi connectivity index (χ2n) is 6.48. The number of nitrogens with one attached hydrogen (secondary N) is 2. The zero-order valence-electron chi connectivity index (χ0n) is 15.6. The number of ether oxygens (including phenoxy) is 2. The quantitative estimate of drug-likeness (QED) is 0.627. The van der Waals surface area contributed by atoms with Gasteiger partial charge in [0.05, 0.1) is 0 Å². The lowest BCUT2D eigenvalue weighted by molar-refractivity contribution is -0.120. The van der Waals surface area contributed by atoms with Crippen molar-refractivity contribution < 1.29 is 19.1 Å². The average molecular weight is 390 g/mol. The SMILES string of the molecule is Cc1cc(COc2ccc(Oc3ccncc3C3NC(=O)NC3=O)cc2)ccn1. The Hall–Kier alpha value is -3.94. The van der Waals surface area contributed by atoms with E-state index in [4.69, 9.17) is 9.47 Å². The van der Waals surface area contributed by atoms with E-state index in [1.165, 1.54) is 6.20 Å². The van der Waals surface area contributed by atoms with Crippen molar-refractivity contribution in [2.24, 2.45) is 0 Å². The van der Waals surface area contributed by atoms with Gasteiger partial charge >= 0.3 is 6.03 Å². The zero-order valence-corrected chi connectivity index (χ0v) is 15.6. The second kappa shape index (κ2) is 7.97. The van der Waals surface area contributed by atoms with Crippen molar-refractivity contribution in [1.82, 2.24) is 20.6 Å². The molecule has 1 unspecified atom stereocenters. The smallest absolute Gasteiger partial charge is 0.322 e. The van der Waals surface area contributed by atoms with E-state index in [9.17, 15) is 9.59 Å². The van der Waals surface area contributed by atoms with Gasteiger partial charge in [-0.2, -0.15) is 0 Å². The van der Waals surface area contributed by atoms with Crippen LogP contribution in [0.1, 0.15) is 22.9 Å². The van der Waals surface area contributed by atoms with Crippen LogP contribution in [0.3, 0.4) is 0 Å². The molecule has 3 aromatic rings. The molecule has 0 bridgehead atoms. The van der Waals surface area contributed by atoms with Crippen LogP contribution in [-0.2, 0) is 11.4 Å². The third kappa shape index (κ3) is 4.32. The summed E-state index contributed by atoms with van der Waals surface area (Å²) in [5.41, 5.74) is 2.45. The van der Waals surface area contributed by atoms with Crippen molar-refractivity contribution in [3.8, 4) is 17.2 Å². The number of nitrogens with zero attached hydrogens (tertiary/aromatic N) is 2. The monoisotopic (exact) mass is 390 g/mol. The predicted octanol–water partition coefficient (Wildman–Crippen LogP) is 3.04. The van der Waals surface area contributed by atoms with Gasteiger partial charge in [-0.15, -0.1) is 0 Å². The molecular formula is C21H18N4O4. The topological polar surface area (TPSA) is 102 Å². The fourth-order valence-electron chi connectivity index (χ4n) is 2.93. The number of carbonyl (C=O) groups is 2. The summed E-state index contributed by atoms with van der Waals surface area (Å²) >= 11 is 0. The Morgan fingerprint density at radius 1 is 1.03 bits per heavy atom. The Morgan fingerprint density at radius 2 is 1.83 bits per heavy atom. The summed E-state index contributed by atoms with van der Waals surface area (Å²) in [5.74, 6) is 1.25. The van der Waals surface area contributed by atoms with Crippen LogP contribution in [0.4, 0.5) is 4.79 Å². The first kappa shape index (κ1) is 18.4. The molecular weight excluding hydrogens is 372 g/mol. The van der Waals surface area contributed by atoms with E-state index in [1.54, 1.807) is 42.7 Å². The van der Waals surface area contributed by atoms with E-state index in [1.807, 2.05) is 19.1 Å². The van der Waals surface area contributed by atoms with Gasteiger partial charge in [0.2, 0.25) is 0 Å². The van der Waals surface area contributed by atoms with Crippen LogP contribution in [0.25, 0.3) is 0 Å². The summed E-state index contributed by atoms with van der Waals surface area (Å²) in [7, 11) is 0. The van der Waals surface area contributed by atoms with Crippen molar-refractivity contribution >= 4 is 11.9 Å². The maximum absolute atomic E-state index is 11.9. The number of hydrogen-bond acceptors (Lipinski definition) is 6. The summed E-state index contributed by atoms with van der Waals surface area (Å²) in [6.45, 7) is 2.37. The van der Waals surface area contributed by atoms with Gasteiger partial charge in [-0.05, 0) is 55.0 Å². The van der Waals surface area contributed by atoms with Gasteiger partial charge in [0.25, 0.3) is 5.91 Å². The van der Waals surface area contributed by atoms with Crippen molar-refractivity contribution in [2.45, 2.75) is 19.6 Å². The molecule has 1 aliphatic heterocycles. The van der Waals surface area contributed by atoms with E-state index in [0.29, 0.717) is 29.4 Å². The molecule has 2 aromatic heterocycles. The first-order valence-corrected chi connectivity index (χ1v) is 8.96. The molecule has 1 atom stereocenters. The number of carbonyl (C=O) groups excluding carboxylic acids is 2. The highest BCUT2D eigenvalue weighted by Crippen LogP contribution is 2.31. The van der Waals surface area contributed by atoms with Gasteiger partial charge in [-0.25, -0.2) is 4.79 Å². The number of urea groups is 1. The van der Waals surface area contributed by atoms with Crippen molar-refractivity contribution in [3.05, 3.63) is 77.9 Å². The third-order valence-corrected chi connectivity index (χ3v) is 4.31. The van der Waals surface area contributed by atoms with Gasteiger partial charge in [-0.1, -0.05) is 0 Å². The van der Waals surface area contributed by atoms with Gasteiger partial charge in [0.15, 0.2) is 0 Å². The minimum Gasteiger partial charge on any atom is -0.489 e. The van der Waals surface area contributed by atoms with E-state index in [2.05, 4.69) is 20.6 Å². The van der Waals surface area contributed by atoms with Gasteiger partial charge in [0, 0.05) is 29.8 Å². The normalized spacial score (nSPS) is 15.6. The number of aryl methyl sites for hydroxylation is 1. The molecule has 8 heteroatoms. The van der Waals surface area contributed by atoms with Crippen molar-refractivity contribution in [2.75, 3.05) is 0 Å². The Balaban J connectivity index is 1.44. The van der Waals surface area contributed by atoms with Crippen LogP contribution < -0.4 is 20.1 Å². The van der Waals surface area contributed by atoms with Gasteiger partial charge < -0.3 is 14.8 Å². The Morgan fingerprint density at radius 3 is 2.55 bits per heavy atom. The number of aromatic nitrogens is 2. The van der Waals surface area contributed by atoms with Crippen LogP contribution in [0, 0.1) is 6.92 Å². The van der Waals surface area contributed by atoms with Gasteiger partial charge in [0.1, 0.15) is 29.9 Å². The molecule has 0 aliphatic carbocycles. The van der Waals surface area contributed by atoms with Crippen LogP contribution in [0.5, 0.6) is 17.2 Å². The molecule has 1 fully saturated rings. The highest BCUT2D eigenvalue weighted by atomic mass is 16.5. The summed E-state index contributed by atoms with van der Waals surface area (Å²) < 4.78 is 11.7. The van der Waals surface area contributed by atoms with Crippen molar-refractivity contribution in [1.29, 1.82) is 0 Å². The Kier molecular flexibility index (Phi) is 5.07. The van der Waals surface area contributed by atoms with Crippen LogP contribution >= 0.6 is 0 Å². The molecule has 1 aromatic carbocycles. The molecule has 29 heavy (non-hydrogen) atoms. The summed E-state index contributed by atoms with van der Waals surface area (Å²) in [6, 6.07) is 11.3. The first-order chi connectivity index (χ1) is 14.1.